The molecule has 0 saturated heterocycles. The number of hydrogen-bond donors (Lipinski definition) is 2. The van der Waals surface area contributed by atoms with Crippen LogP contribution in [0.1, 0.15) is 14.5 Å². The molecule has 2 aromatic heterocycles. The molecule has 0 unspecified atom stereocenters. The van der Waals surface area contributed by atoms with Gasteiger partial charge < -0.3 is 5.32 Å². The molecule has 0 bridgehead atoms. The first-order valence-electron chi connectivity index (χ1n) is 9.18. The first-order chi connectivity index (χ1) is 14.4. The summed E-state index contributed by atoms with van der Waals surface area (Å²) in [7, 11) is -3.21. The fraction of sp³-hybridized carbons (Fsp3) is 0.143. The standard InChI is InChI=1S/C21H19N3O3S3/c1-30(26,27)22-12-11-16-9-10-19(28-16)20(25)23-15-6-4-5-14(13-15)21-24-17-7-2-3-8-18(17)29-21/h2-10,13,22H,11-12H2,1H3,(H,23,25). The van der Waals surface area contributed by atoms with Gasteiger partial charge in [0.25, 0.3) is 5.91 Å². The van der Waals surface area contributed by atoms with Crippen LogP contribution in [-0.4, -0.2) is 32.1 Å². The van der Waals surface area contributed by atoms with Crippen LogP contribution in [0.3, 0.4) is 0 Å². The van der Waals surface area contributed by atoms with Crippen LogP contribution in [0, 0.1) is 0 Å². The summed E-state index contributed by atoms with van der Waals surface area (Å²) < 4.78 is 25.9. The van der Waals surface area contributed by atoms with Crippen molar-refractivity contribution in [3.8, 4) is 10.6 Å². The van der Waals surface area contributed by atoms with Crippen LogP contribution in [0.25, 0.3) is 20.8 Å². The van der Waals surface area contributed by atoms with E-state index in [1.165, 1.54) is 11.3 Å². The summed E-state index contributed by atoms with van der Waals surface area (Å²) in [4.78, 5) is 18.8. The summed E-state index contributed by atoms with van der Waals surface area (Å²) in [6.45, 7) is 0.310. The number of nitrogens with one attached hydrogen (secondary N) is 2. The summed E-state index contributed by atoms with van der Waals surface area (Å²) in [5.41, 5.74) is 2.61. The number of amides is 1. The second-order valence-corrected chi connectivity index (χ2v) is 10.7. The Hall–Kier alpha value is -2.59. The lowest BCUT2D eigenvalue weighted by molar-refractivity contribution is 0.103. The third kappa shape index (κ3) is 5.11. The SMILES string of the molecule is CS(=O)(=O)NCCc1ccc(C(=O)Nc2cccc(-c3nc4ccccc4s3)c2)s1. The highest BCUT2D eigenvalue weighted by Crippen LogP contribution is 2.31. The van der Waals surface area contributed by atoms with Gasteiger partial charge >= 0.3 is 0 Å². The minimum atomic E-state index is -3.21. The van der Waals surface area contributed by atoms with Gasteiger partial charge in [0, 0.05) is 22.7 Å². The smallest absolute Gasteiger partial charge is 0.265 e. The summed E-state index contributed by atoms with van der Waals surface area (Å²) in [5, 5.41) is 3.84. The number of fused-ring (bicyclic) bond motifs is 1. The van der Waals surface area contributed by atoms with Crippen LogP contribution >= 0.6 is 22.7 Å². The molecule has 0 spiro atoms. The zero-order valence-corrected chi connectivity index (χ0v) is 18.5. The Morgan fingerprint density at radius 1 is 1.03 bits per heavy atom. The zero-order valence-electron chi connectivity index (χ0n) is 16.1. The first-order valence-corrected chi connectivity index (χ1v) is 12.7. The third-order valence-electron chi connectivity index (χ3n) is 4.28. The number of carbonyl (C=O) groups is 1. The number of sulfonamides is 1. The fourth-order valence-corrected chi connectivity index (χ4v) is 5.25. The predicted octanol–water partition coefficient (Wildman–Crippen LogP) is 4.37. The molecule has 0 saturated carbocycles. The molecule has 0 aliphatic rings. The number of benzene rings is 2. The fourth-order valence-electron chi connectivity index (χ4n) is 2.91. The van der Waals surface area contributed by atoms with Crippen molar-refractivity contribution in [3.63, 3.8) is 0 Å². The molecular formula is C21H19N3O3S3. The maximum absolute atomic E-state index is 12.6. The largest absolute Gasteiger partial charge is 0.321 e. The summed E-state index contributed by atoms with van der Waals surface area (Å²) in [6, 6.07) is 19.2. The van der Waals surface area contributed by atoms with E-state index in [0.717, 1.165) is 31.9 Å². The number of rotatable bonds is 7. The molecule has 0 radical (unpaired) electrons. The van der Waals surface area contributed by atoms with Crippen molar-refractivity contribution in [1.29, 1.82) is 0 Å². The van der Waals surface area contributed by atoms with E-state index in [1.54, 1.807) is 17.4 Å². The van der Waals surface area contributed by atoms with Gasteiger partial charge in [0.15, 0.2) is 0 Å². The van der Waals surface area contributed by atoms with Gasteiger partial charge in [-0.25, -0.2) is 18.1 Å². The van der Waals surface area contributed by atoms with Crippen LogP contribution < -0.4 is 10.0 Å². The Labute approximate surface area is 182 Å². The molecule has 0 atom stereocenters. The lowest BCUT2D eigenvalue weighted by Gasteiger charge is -2.05. The Morgan fingerprint density at radius 2 is 1.87 bits per heavy atom. The van der Waals surface area contributed by atoms with Gasteiger partial charge in [0.05, 0.1) is 21.3 Å². The minimum Gasteiger partial charge on any atom is -0.321 e. The van der Waals surface area contributed by atoms with Gasteiger partial charge in [-0.15, -0.1) is 22.7 Å². The topological polar surface area (TPSA) is 88.2 Å². The van der Waals surface area contributed by atoms with Gasteiger partial charge in [-0.2, -0.15) is 0 Å². The Morgan fingerprint density at radius 3 is 2.67 bits per heavy atom. The second-order valence-electron chi connectivity index (χ2n) is 6.70. The number of carbonyl (C=O) groups excluding carboxylic acids is 1. The van der Waals surface area contributed by atoms with Gasteiger partial charge in [0.1, 0.15) is 5.01 Å². The van der Waals surface area contributed by atoms with Gasteiger partial charge in [0.2, 0.25) is 10.0 Å². The lowest BCUT2D eigenvalue weighted by atomic mass is 10.2. The molecule has 9 heteroatoms. The van der Waals surface area contributed by atoms with Crippen LogP contribution in [0.15, 0.2) is 60.7 Å². The second kappa shape index (κ2) is 8.65. The van der Waals surface area contributed by atoms with Crippen LogP contribution in [-0.2, 0) is 16.4 Å². The predicted molar refractivity (Wildman–Crippen MR) is 124 cm³/mol. The number of anilines is 1. The van der Waals surface area contributed by atoms with E-state index in [4.69, 9.17) is 0 Å². The molecule has 4 rings (SSSR count). The van der Waals surface area contributed by atoms with E-state index in [9.17, 15) is 13.2 Å². The van der Waals surface area contributed by atoms with E-state index >= 15 is 0 Å². The van der Waals surface area contributed by atoms with E-state index in [0.29, 0.717) is 23.5 Å². The normalized spacial score (nSPS) is 11.6. The van der Waals surface area contributed by atoms with Crippen molar-refractivity contribution in [2.45, 2.75) is 6.42 Å². The van der Waals surface area contributed by atoms with E-state index < -0.39 is 10.0 Å². The van der Waals surface area contributed by atoms with Crippen molar-refractivity contribution >= 4 is 54.5 Å². The Bertz CT molecular complexity index is 1280. The zero-order chi connectivity index (χ0) is 21.1. The summed E-state index contributed by atoms with van der Waals surface area (Å²) >= 11 is 2.97. The molecule has 2 N–H and O–H groups in total. The molecule has 30 heavy (non-hydrogen) atoms. The number of para-hydroxylation sites is 1. The lowest BCUT2D eigenvalue weighted by Crippen LogP contribution is -2.24. The molecule has 1 amide bonds. The van der Waals surface area contributed by atoms with Crippen LogP contribution in [0.4, 0.5) is 5.69 Å². The number of aromatic nitrogens is 1. The highest BCUT2D eigenvalue weighted by Gasteiger charge is 2.12. The van der Waals surface area contributed by atoms with E-state index in [-0.39, 0.29) is 5.91 Å². The maximum Gasteiger partial charge on any atom is 0.265 e. The highest BCUT2D eigenvalue weighted by atomic mass is 32.2. The molecule has 6 nitrogen and oxygen atoms in total. The quantitative estimate of drug-likeness (QED) is 0.431. The molecule has 154 valence electrons. The number of hydrogen-bond acceptors (Lipinski definition) is 6. The molecule has 2 heterocycles. The average Bonchev–Trinajstić information content (AvgIpc) is 3.34. The molecule has 0 aliphatic heterocycles. The minimum absolute atomic E-state index is 0.191. The van der Waals surface area contributed by atoms with Crippen molar-refractivity contribution in [2.24, 2.45) is 0 Å². The molecule has 4 aromatic rings. The van der Waals surface area contributed by atoms with Crippen LogP contribution in [0.2, 0.25) is 0 Å². The summed E-state index contributed by atoms with van der Waals surface area (Å²) in [5.74, 6) is -0.191. The molecule has 0 fully saturated rings. The van der Waals surface area contributed by atoms with Gasteiger partial charge in [-0.05, 0) is 42.8 Å². The molecule has 0 aliphatic carbocycles. The third-order valence-corrected chi connectivity index (χ3v) is 7.24. The number of nitrogens with zero attached hydrogens (tertiary/aromatic N) is 1. The maximum atomic E-state index is 12.6. The van der Waals surface area contributed by atoms with Gasteiger partial charge in [-0.3, -0.25) is 4.79 Å². The molecule has 2 aromatic carbocycles. The summed E-state index contributed by atoms with van der Waals surface area (Å²) in [6.07, 6.45) is 1.67. The van der Waals surface area contributed by atoms with Crippen molar-refractivity contribution < 1.29 is 13.2 Å². The van der Waals surface area contributed by atoms with E-state index in [1.807, 2.05) is 54.6 Å². The van der Waals surface area contributed by atoms with Crippen molar-refractivity contribution in [2.75, 3.05) is 18.1 Å². The van der Waals surface area contributed by atoms with E-state index in [2.05, 4.69) is 15.0 Å². The number of thiophene rings is 1. The molecular weight excluding hydrogens is 438 g/mol. The highest BCUT2D eigenvalue weighted by molar-refractivity contribution is 7.88. The Balaban J connectivity index is 1.44. The van der Waals surface area contributed by atoms with Crippen molar-refractivity contribution in [1.82, 2.24) is 9.71 Å². The van der Waals surface area contributed by atoms with Crippen LogP contribution in [0.5, 0.6) is 0 Å². The van der Waals surface area contributed by atoms with Gasteiger partial charge in [-0.1, -0.05) is 24.3 Å². The monoisotopic (exact) mass is 457 g/mol. The number of thiazole rings is 1. The van der Waals surface area contributed by atoms with Crippen molar-refractivity contribution in [3.05, 3.63) is 70.4 Å². The Kier molecular flexibility index (Phi) is 5.96. The first kappa shape index (κ1) is 20.7. The average molecular weight is 458 g/mol.